The van der Waals surface area contributed by atoms with Crippen molar-refractivity contribution in [1.29, 1.82) is 0 Å². The number of rotatable bonds is 9. The summed E-state index contributed by atoms with van der Waals surface area (Å²) in [5.74, 6) is -5.75. The normalized spacial score (nSPS) is 12.6. The van der Waals surface area contributed by atoms with Crippen LogP contribution in [0.3, 0.4) is 0 Å². The summed E-state index contributed by atoms with van der Waals surface area (Å²) < 4.78 is 85.2. The first kappa shape index (κ1) is 24.5. The van der Waals surface area contributed by atoms with Gasteiger partial charge in [-0.3, -0.25) is 0 Å². The maximum absolute atomic E-state index is 16.0. The predicted molar refractivity (Wildman–Crippen MR) is 112 cm³/mol. The zero-order valence-corrected chi connectivity index (χ0v) is 17.2. The van der Waals surface area contributed by atoms with Crippen LogP contribution in [-0.2, 0) is 5.67 Å². The highest BCUT2D eigenvalue weighted by Gasteiger charge is 2.72. The predicted octanol–water partition coefficient (Wildman–Crippen LogP) is 5.91. The second-order valence-electron chi connectivity index (χ2n) is 7.19. The topological polar surface area (TPSA) is 76.1 Å². The Bertz CT molecular complexity index is 840. The molecule has 0 heterocycles. The van der Waals surface area contributed by atoms with Crippen molar-refractivity contribution in [3.05, 3.63) is 47.5 Å². The van der Waals surface area contributed by atoms with E-state index in [0.717, 1.165) is 37.1 Å². The van der Waals surface area contributed by atoms with Gasteiger partial charge in [-0.2, -0.15) is 22.0 Å². The van der Waals surface area contributed by atoms with E-state index in [4.69, 9.17) is 11.5 Å². The molecule has 31 heavy (non-hydrogen) atoms. The summed E-state index contributed by atoms with van der Waals surface area (Å²) in [6.45, 7) is 4.73. The first-order valence-corrected chi connectivity index (χ1v) is 9.81. The number of alkyl halides is 6. The van der Waals surface area contributed by atoms with E-state index in [9.17, 15) is 22.0 Å². The van der Waals surface area contributed by atoms with Gasteiger partial charge in [0.25, 0.3) is 0 Å². The van der Waals surface area contributed by atoms with E-state index >= 15 is 4.39 Å². The molecule has 0 spiro atoms. The lowest BCUT2D eigenvalue weighted by molar-refractivity contribution is -0.323. The quantitative estimate of drug-likeness (QED) is 0.284. The fourth-order valence-electron chi connectivity index (χ4n) is 3.12. The van der Waals surface area contributed by atoms with E-state index in [1.165, 1.54) is 12.1 Å². The minimum atomic E-state index is -6.16. The lowest BCUT2D eigenvalue weighted by Crippen LogP contribution is -2.53. The fourth-order valence-corrected chi connectivity index (χ4v) is 3.12. The summed E-state index contributed by atoms with van der Waals surface area (Å²) >= 11 is 0. The van der Waals surface area contributed by atoms with Gasteiger partial charge in [-0.15, -0.1) is 0 Å². The van der Waals surface area contributed by atoms with Crippen LogP contribution in [0.4, 0.5) is 49.1 Å². The van der Waals surface area contributed by atoms with Crippen LogP contribution in [0.5, 0.6) is 0 Å². The van der Waals surface area contributed by atoms with E-state index < -0.39 is 28.9 Å². The van der Waals surface area contributed by atoms with Gasteiger partial charge in [0, 0.05) is 24.2 Å². The molecule has 0 saturated heterocycles. The summed E-state index contributed by atoms with van der Waals surface area (Å²) in [7, 11) is 0. The molecule has 0 fully saturated rings. The molecule has 0 bridgehead atoms. The van der Waals surface area contributed by atoms with Crippen molar-refractivity contribution in [3.8, 4) is 0 Å². The van der Waals surface area contributed by atoms with Crippen LogP contribution in [0, 0.1) is 0 Å². The molecule has 0 saturated carbocycles. The Morgan fingerprint density at radius 3 is 1.39 bits per heavy atom. The van der Waals surface area contributed by atoms with E-state index in [1.54, 1.807) is 0 Å². The third-order valence-corrected chi connectivity index (χ3v) is 4.82. The maximum Gasteiger partial charge on any atom is 0.457 e. The van der Waals surface area contributed by atoms with Crippen molar-refractivity contribution in [2.24, 2.45) is 0 Å². The molecule has 172 valence electrons. The number of benzene rings is 2. The third-order valence-electron chi connectivity index (χ3n) is 4.82. The Balaban J connectivity index is 2.66. The highest BCUT2D eigenvalue weighted by atomic mass is 19.4. The SMILES string of the molecule is CCCNc1ccc(C(F)(c2ccc(NCCC)c(N)c2)C(F)(F)C(F)(F)F)cc1N. The van der Waals surface area contributed by atoms with Gasteiger partial charge in [-0.05, 0) is 37.1 Å². The van der Waals surface area contributed by atoms with Crippen molar-refractivity contribution in [2.75, 3.05) is 35.2 Å². The Kier molecular flexibility index (Phi) is 7.23. The summed E-state index contributed by atoms with van der Waals surface area (Å²) in [6, 6.07) is 5.68. The average molecular weight is 448 g/mol. The van der Waals surface area contributed by atoms with Gasteiger partial charge >= 0.3 is 12.1 Å². The Morgan fingerprint density at radius 1 is 0.710 bits per heavy atom. The molecular formula is C21H26F6N4. The molecule has 0 aliphatic rings. The van der Waals surface area contributed by atoms with Crippen LogP contribution >= 0.6 is 0 Å². The highest BCUT2D eigenvalue weighted by molar-refractivity contribution is 5.70. The molecule has 2 aromatic rings. The first-order chi connectivity index (χ1) is 14.4. The monoisotopic (exact) mass is 448 g/mol. The lowest BCUT2D eigenvalue weighted by Gasteiger charge is -2.36. The number of hydrogen-bond donors (Lipinski definition) is 4. The van der Waals surface area contributed by atoms with Crippen molar-refractivity contribution in [1.82, 2.24) is 0 Å². The number of nitrogens with two attached hydrogens (primary N) is 2. The number of halogens is 6. The zero-order chi connectivity index (χ0) is 23.4. The minimum Gasteiger partial charge on any atom is -0.397 e. The molecule has 0 amide bonds. The molecule has 10 heteroatoms. The van der Waals surface area contributed by atoms with Crippen LogP contribution in [-0.4, -0.2) is 25.2 Å². The van der Waals surface area contributed by atoms with Gasteiger partial charge in [0.1, 0.15) is 0 Å². The molecule has 2 rings (SSSR count). The Hall–Kier alpha value is -2.78. The van der Waals surface area contributed by atoms with Crippen molar-refractivity contribution >= 4 is 22.7 Å². The maximum atomic E-state index is 16.0. The molecule has 0 aliphatic carbocycles. The molecule has 6 N–H and O–H groups in total. The largest absolute Gasteiger partial charge is 0.457 e. The third kappa shape index (κ3) is 4.62. The number of hydrogen-bond acceptors (Lipinski definition) is 4. The van der Waals surface area contributed by atoms with E-state index in [2.05, 4.69) is 10.6 Å². The second-order valence-corrected chi connectivity index (χ2v) is 7.19. The van der Waals surface area contributed by atoms with Crippen LogP contribution < -0.4 is 22.1 Å². The van der Waals surface area contributed by atoms with Crippen LogP contribution in [0.1, 0.15) is 37.8 Å². The Labute approximate surface area is 177 Å². The first-order valence-electron chi connectivity index (χ1n) is 9.81. The van der Waals surface area contributed by atoms with Gasteiger partial charge in [-0.25, -0.2) is 4.39 Å². The van der Waals surface area contributed by atoms with Gasteiger partial charge in [-0.1, -0.05) is 26.0 Å². The summed E-state index contributed by atoms with van der Waals surface area (Å²) in [5.41, 5.74) is 5.82. The number of nitrogens with one attached hydrogen (secondary N) is 2. The molecule has 0 radical (unpaired) electrons. The van der Waals surface area contributed by atoms with Crippen LogP contribution in [0.25, 0.3) is 0 Å². The molecule has 4 nitrogen and oxygen atoms in total. The molecule has 0 aromatic heterocycles. The standard InChI is InChI=1S/C21H26F6N4/c1-3-9-30-17-7-5-13(11-15(17)28)19(22,20(23,24)21(25,26)27)14-6-8-18(16(29)12-14)31-10-4-2/h5-8,11-12,30-31H,3-4,9-10,28-29H2,1-2H3. The van der Waals surface area contributed by atoms with Gasteiger partial charge in [0.05, 0.1) is 22.7 Å². The number of nitrogen functional groups attached to an aromatic ring is 2. The molecule has 0 atom stereocenters. The molecule has 2 aromatic carbocycles. The average Bonchev–Trinajstić information content (AvgIpc) is 2.70. The summed E-state index contributed by atoms with van der Waals surface area (Å²) in [5, 5.41) is 5.80. The van der Waals surface area contributed by atoms with Crippen molar-refractivity contribution < 1.29 is 26.3 Å². The van der Waals surface area contributed by atoms with E-state index in [1.807, 2.05) is 13.8 Å². The van der Waals surface area contributed by atoms with Gasteiger partial charge in [0.15, 0.2) is 0 Å². The smallest absolute Gasteiger partial charge is 0.397 e. The van der Waals surface area contributed by atoms with Crippen molar-refractivity contribution in [3.63, 3.8) is 0 Å². The summed E-state index contributed by atoms with van der Waals surface area (Å²) in [6.07, 6.45) is -4.72. The molecule has 0 aliphatic heterocycles. The van der Waals surface area contributed by atoms with E-state index in [-0.39, 0.29) is 11.4 Å². The summed E-state index contributed by atoms with van der Waals surface area (Å²) in [4.78, 5) is 0. The van der Waals surface area contributed by atoms with Crippen molar-refractivity contribution in [2.45, 2.75) is 44.5 Å². The van der Waals surface area contributed by atoms with Gasteiger partial charge in [0.2, 0.25) is 5.67 Å². The fraction of sp³-hybridized carbons (Fsp3) is 0.429. The second kappa shape index (κ2) is 9.15. The minimum absolute atomic E-state index is 0.153. The van der Waals surface area contributed by atoms with Crippen LogP contribution in [0.2, 0.25) is 0 Å². The number of anilines is 4. The van der Waals surface area contributed by atoms with Crippen LogP contribution in [0.15, 0.2) is 36.4 Å². The van der Waals surface area contributed by atoms with Gasteiger partial charge < -0.3 is 22.1 Å². The highest BCUT2D eigenvalue weighted by Crippen LogP contribution is 2.55. The zero-order valence-electron chi connectivity index (χ0n) is 17.2. The molecule has 0 unspecified atom stereocenters. The Morgan fingerprint density at radius 2 is 1.10 bits per heavy atom. The van der Waals surface area contributed by atoms with E-state index in [0.29, 0.717) is 24.5 Å². The molecular weight excluding hydrogens is 422 g/mol. The lowest BCUT2D eigenvalue weighted by atomic mass is 9.81.